The Hall–Kier alpha value is -1.51. The fraction of sp³-hybridized carbons (Fsp3) is 0.588. The lowest BCUT2D eigenvalue weighted by Crippen LogP contribution is -2.41. The van der Waals surface area contributed by atoms with Crippen LogP contribution in [0.2, 0.25) is 0 Å². The van der Waals surface area contributed by atoms with Gasteiger partial charge in [0.15, 0.2) is 0 Å². The molecule has 3 heteroatoms. The van der Waals surface area contributed by atoms with Crippen LogP contribution in [0, 0.1) is 5.92 Å². The number of benzene rings is 1. The predicted octanol–water partition coefficient (Wildman–Crippen LogP) is 3.32. The number of methoxy groups -OCH3 is 1. The molecule has 0 spiro atoms. The van der Waals surface area contributed by atoms with Crippen molar-refractivity contribution in [3.63, 3.8) is 0 Å². The van der Waals surface area contributed by atoms with Gasteiger partial charge in [0, 0.05) is 12.5 Å². The Labute approximate surface area is 121 Å². The van der Waals surface area contributed by atoms with Crippen molar-refractivity contribution in [2.45, 2.75) is 51.5 Å². The van der Waals surface area contributed by atoms with E-state index in [1.807, 2.05) is 24.3 Å². The number of rotatable bonds is 5. The lowest BCUT2D eigenvalue weighted by atomic mass is 9.86. The number of carbonyl (C=O) groups is 1. The van der Waals surface area contributed by atoms with Crippen molar-refractivity contribution >= 4 is 5.91 Å². The van der Waals surface area contributed by atoms with E-state index in [1.165, 1.54) is 19.3 Å². The molecule has 2 unspecified atom stereocenters. The molecule has 1 fully saturated rings. The van der Waals surface area contributed by atoms with Crippen LogP contribution in [0.4, 0.5) is 0 Å². The van der Waals surface area contributed by atoms with E-state index in [2.05, 4.69) is 12.2 Å². The normalized spacial score (nSPS) is 22.3. The molecule has 0 saturated heterocycles. The van der Waals surface area contributed by atoms with Crippen molar-refractivity contribution in [1.82, 2.24) is 5.32 Å². The smallest absolute Gasteiger partial charge is 0.220 e. The van der Waals surface area contributed by atoms with Gasteiger partial charge in [-0.3, -0.25) is 4.79 Å². The molecule has 1 aromatic carbocycles. The number of amides is 1. The number of hydrogen-bond donors (Lipinski definition) is 1. The molecule has 1 aliphatic rings. The van der Waals surface area contributed by atoms with Crippen LogP contribution in [0.5, 0.6) is 5.75 Å². The summed E-state index contributed by atoms with van der Waals surface area (Å²) in [5, 5.41) is 3.20. The second kappa shape index (κ2) is 7.32. The first-order valence-corrected chi connectivity index (χ1v) is 7.61. The summed E-state index contributed by atoms with van der Waals surface area (Å²) in [5.41, 5.74) is 1.15. The van der Waals surface area contributed by atoms with Crippen molar-refractivity contribution in [3.8, 4) is 5.75 Å². The van der Waals surface area contributed by atoms with Crippen molar-refractivity contribution in [2.24, 2.45) is 5.92 Å². The first kappa shape index (κ1) is 14.9. The summed E-state index contributed by atoms with van der Waals surface area (Å²) < 4.78 is 5.20. The van der Waals surface area contributed by atoms with Crippen LogP contribution >= 0.6 is 0 Å². The topological polar surface area (TPSA) is 38.3 Å². The lowest BCUT2D eigenvalue weighted by Gasteiger charge is -2.29. The molecule has 1 saturated carbocycles. The lowest BCUT2D eigenvalue weighted by molar-refractivity contribution is -0.122. The Bertz CT molecular complexity index is 444. The van der Waals surface area contributed by atoms with E-state index in [1.54, 1.807) is 7.11 Å². The average molecular weight is 275 g/mol. The maximum atomic E-state index is 12.0. The minimum absolute atomic E-state index is 0.173. The Morgan fingerprint density at radius 3 is 2.90 bits per heavy atom. The van der Waals surface area contributed by atoms with Crippen LogP contribution in [0.25, 0.3) is 0 Å². The van der Waals surface area contributed by atoms with Crippen molar-refractivity contribution in [1.29, 1.82) is 0 Å². The minimum atomic E-state index is 0.173. The minimum Gasteiger partial charge on any atom is -0.497 e. The van der Waals surface area contributed by atoms with Crippen LogP contribution in [0.15, 0.2) is 24.3 Å². The molecule has 20 heavy (non-hydrogen) atoms. The first-order valence-electron chi connectivity index (χ1n) is 7.61. The highest BCUT2D eigenvalue weighted by molar-refractivity contribution is 5.76. The van der Waals surface area contributed by atoms with Gasteiger partial charge in [-0.15, -0.1) is 0 Å². The monoisotopic (exact) mass is 275 g/mol. The maximum Gasteiger partial charge on any atom is 0.220 e. The molecule has 1 aliphatic carbocycles. The van der Waals surface area contributed by atoms with Gasteiger partial charge in [-0.1, -0.05) is 31.9 Å². The molecule has 0 aliphatic heterocycles. The van der Waals surface area contributed by atoms with E-state index in [0.717, 1.165) is 24.2 Å². The highest BCUT2D eigenvalue weighted by Crippen LogP contribution is 2.23. The third kappa shape index (κ3) is 4.26. The van der Waals surface area contributed by atoms with Gasteiger partial charge in [0.25, 0.3) is 0 Å². The fourth-order valence-electron chi connectivity index (χ4n) is 2.90. The number of aryl methyl sites for hydroxylation is 1. The maximum absolute atomic E-state index is 12.0. The van der Waals surface area contributed by atoms with Gasteiger partial charge in [0.05, 0.1) is 7.11 Å². The summed E-state index contributed by atoms with van der Waals surface area (Å²) >= 11 is 0. The molecule has 0 radical (unpaired) electrons. The van der Waals surface area contributed by atoms with Crippen molar-refractivity contribution in [3.05, 3.63) is 29.8 Å². The molecule has 0 heterocycles. The molecule has 0 bridgehead atoms. The van der Waals surface area contributed by atoms with Gasteiger partial charge in [-0.25, -0.2) is 0 Å². The molecule has 3 nitrogen and oxygen atoms in total. The van der Waals surface area contributed by atoms with E-state index in [0.29, 0.717) is 18.4 Å². The Morgan fingerprint density at radius 1 is 1.35 bits per heavy atom. The number of carbonyl (C=O) groups excluding carboxylic acids is 1. The summed E-state index contributed by atoms with van der Waals surface area (Å²) in [6.07, 6.45) is 6.23. The van der Waals surface area contributed by atoms with Gasteiger partial charge < -0.3 is 10.1 Å². The second-order valence-electron chi connectivity index (χ2n) is 5.79. The Kier molecular flexibility index (Phi) is 5.45. The number of ether oxygens (including phenoxy) is 1. The van der Waals surface area contributed by atoms with Crippen molar-refractivity contribution in [2.75, 3.05) is 7.11 Å². The average Bonchev–Trinajstić information content (AvgIpc) is 2.48. The molecule has 2 atom stereocenters. The van der Waals surface area contributed by atoms with E-state index >= 15 is 0 Å². The summed E-state index contributed by atoms with van der Waals surface area (Å²) in [5.74, 6) is 1.64. The third-order valence-electron chi connectivity index (χ3n) is 4.23. The summed E-state index contributed by atoms with van der Waals surface area (Å²) in [4.78, 5) is 12.0. The predicted molar refractivity (Wildman–Crippen MR) is 80.9 cm³/mol. The quantitative estimate of drug-likeness (QED) is 0.895. The van der Waals surface area contributed by atoms with E-state index < -0.39 is 0 Å². The Morgan fingerprint density at radius 2 is 2.15 bits per heavy atom. The molecule has 1 N–H and O–H groups in total. The van der Waals surface area contributed by atoms with Gasteiger partial charge in [0.2, 0.25) is 5.91 Å². The number of hydrogen-bond acceptors (Lipinski definition) is 2. The Balaban J connectivity index is 1.79. The van der Waals surface area contributed by atoms with Crippen LogP contribution in [-0.2, 0) is 11.2 Å². The molecule has 1 amide bonds. The summed E-state index contributed by atoms with van der Waals surface area (Å²) in [7, 11) is 1.66. The molecular weight excluding hydrogens is 250 g/mol. The van der Waals surface area contributed by atoms with E-state index in [4.69, 9.17) is 4.74 Å². The highest BCUT2D eigenvalue weighted by atomic mass is 16.5. The summed E-state index contributed by atoms with van der Waals surface area (Å²) in [6, 6.07) is 8.31. The zero-order valence-corrected chi connectivity index (χ0v) is 12.5. The second-order valence-corrected chi connectivity index (χ2v) is 5.79. The van der Waals surface area contributed by atoms with Gasteiger partial charge in [0.1, 0.15) is 5.75 Å². The third-order valence-corrected chi connectivity index (χ3v) is 4.23. The molecule has 1 aromatic rings. The van der Waals surface area contributed by atoms with Crippen LogP contribution in [0.1, 0.15) is 44.6 Å². The molecule has 0 aromatic heterocycles. The number of nitrogens with one attached hydrogen (secondary N) is 1. The fourth-order valence-corrected chi connectivity index (χ4v) is 2.90. The van der Waals surface area contributed by atoms with E-state index in [9.17, 15) is 4.79 Å². The van der Waals surface area contributed by atoms with Crippen LogP contribution < -0.4 is 10.1 Å². The standard InChI is InChI=1S/C17H25NO2/c1-13-6-3-4-9-16(13)18-17(19)11-10-14-7-5-8-15(12-14)20-2/h5,7-8,12-13,16H,3-4,6,9-11H2,1-2H3,(H,18,19). The highest BCUT2D eigenvalue weighted by Gasteiger charge is 2.22. The summed E-state index contributed by atoms with van der Waals surface area (Å²) in [6.45, 7) is 2.24. The molecule has 2 rings (SSSR count). The van der Waals surface area contributed by atoms with Gasteiger partial charge in [-0.05, 0) is 42.9 Å². The van der Waals surface area contributed by atoms with Crippen molar-refractivity contribution < 1.29 is 9.53 Å². The van der Waals surface area contributed by atoms with Gasteiger partial charge in [-0.2, -0.15) is 0 Å². The molecule has 110 valence electrons. The zero-order valence-electron chi connectivity index (χ0n) is 12.5. The SMILES string of the molecule is COc1cccc(CCC(=O)NC2CCCCC2C)c1. The molecular formula is C17H25NO2. The van der Waals surface area contributed by atoms with Gasteiger partial charge >= 0.3 is 0 Å². The largest absolute Gasteiger partial charge is 0.497 e. The van der Waals surface area contributed by atoms with Crippen LogP contribution in [0.3, 0.4) is 0 Å². The van der Waals surface area contributed by atoms with E-state index in [-0.39, 0.29) is 5.91 Å². The first-order chi connectivity index (χ1) is 9.69. The van der Waals surface area contributed by atoms with Crippen LogP contribution in [-0.4, -0.2) is 19.1 Å². The zero-order chi connectivity index (χ0) is 14.4.